The van der Waals surface area contributed by atoms with Gasteiger partial charge < -0.3 is 19.7 Å². The van der Waals surface area contributed by atoms with Crippen molar-refractivity contribution in [3.63, 3.8) is 0 Å². The first-order valence-corrected chi connectivity index (χ1v) is 15.3. The summed E-state index contributed by atoms with van der Waals surface area (Å²) in [5, 5.41) is 2.93. The van der Waals surface area contributed by atoms with E-state index in [0.717, 1.165) is 5.56 Å². The highest BCUT2D eigenvalue weighted by atomic mass is 79.9. The van der Waals surface area contributed by atoms with Gasteiger partial charge in [-0.3, -0.25) is 9.59 Å². The highest BCUT2D eigenvalue weighted by Gasteiger charge is 2.36. The Morgan fingerprint density at radius 2 is 1.84 bits per heavy atom. The van der Waals surface area contributed by atoms with Crippen molar-refractivity contribution in [2.45, 2.75) is 51.3 Å². The monoisotopic (exact) mass is 607 g/mol. The number of piperidine rings is 1. The van der Waals surface area contributed by atoms with Gasteiger partial charge in [-0.25, -0.2) is 8.42 Å². The number of anilines is 2. The SMILES string of the molecule is CCOc1ccc(OCC)c(NC(=O)[C@@H]2CCCN(S(=O)(=O)c3cc4c(cc3Br)CCN4C(=O)CC)C2)c1. The fourth-order valence-electron chi connectivity index (χ4n) is 4.93. The lowest BCUT2D eigenvalue weighted by Gasteiger charge is -2.32. The number of carbonyl (C=O) groups is 2. The highest BCUT2D eigenvalue weighted by molar-refractivity contribution is 9.10. The first kappa shape index (κ1) is 28.4. The van der Waals surface area contributed by atoms with Crippen LogP contribution < -0.4 is 19.7 Å². The molecule has 0 saturated carbocycles. The van der Waals surface area contributed by atoms with Gasteiger partial charge in [0.25, 0.3) is 0 Å². The fourth-order valence-corrected chi connectivity index (χ4v) is 7.52. The van der Waals surface area contributed by atoms with E-state index >= 15 is 0 Å². The third kappa shape index (κ3) is 5.84. The molecule has 2 aliphatic rings. The molecule has 2 aromatic rings. The Bertz CT molecular complexity index is 1320. The molecule has 0 aliphatic carbocycles. The van der Waals surface area contributed by atoms with Gasteiger partial charge in [0.1, 0.15) is 11.5 Å². The Balaban J connectivity index is 1.55. The molecule has 11 heteroatoms. The lowest BCUT2D eigenvalue weighted by molar-refractivity contribution is -0.121. The van der Waals surface area contributed by atoms with Crippen molar-refractivity contribution in [2.75, 3.05) is 43.1 Å². The zero-order valence-electron chi connectivity index (χ0n) is 22.0. The van der Waals surface area contributed by atoms with Crippen molar-refractivity contribution in [2.24, 2.45) is 5.92 Å². The van der Waals surface area contributed by atoms with E-state index in [1.807, 2.05) is 13.8 Å². The molecule has 0 radical (unpaired) electrons. The van der Waals surface area contributed by atoms with E-state index in [1.54, 1.807) is 42.2 Å². The second-order valence-electron chi connectivity index (χ2n) is 9.28. The fraction of sp³-hybridized carbons (Fsp3) is 0.481. The number of fused-ring (bicyclic) bond motifs is 1. The molecule has 0 spiro atoms. The Kier molecular flexibility index (Phi) is 9.00. The molecule has 2 heterocycles. The van der Waals surface area contributed by atoms with Crippen LogP contribution in [0.2, 0.25) is 0 Å². The maximum Gasteiger partial charge on any atom is 0.244 e. The molecule has 0 unspecified atom stereocenters. The van der Waals surface area contributed by atoms with Crippen LogP contribution in [0.3, 0.4) is 0 Å². The van der Waals surface area contributed by atoms with Gasteiger partial charge in [0.05, 0.1) is 29.7 Å². The average Bonchev–Trinajstić information content (AvgIpc) is 3.32. The highest BCUT2D eigenvalue weighted by Crippen LogP contribution is 2.38. The molecule has 0 bridgehead atoms. The normalized spacial score (nSPS) is 17.7. The number of rotatable bonds is 9. The van der Waals surface area contributed by atoms with Crippen LogP contribution in [0.1, 0.15) is 45.6 Å². The number of hydrogen-bond donors (Lipinski definition) is 1. The number of amides is 2. The van der Waals surface area contributed by atoms with Crippen molar-refractivity contribution >= 4 is 49.1 Å². The third-order valence-corrected chi connectivity index (χ3v) is 9.65. The number of ether oxygens (including phenoxy) is 2. The first-order valence-electron chi connectivity index (χ1n) is 13.0. The molecule has 1 atom stereocenters. The number of halogens is 1. The largest absolute Gasteiger partial charge is 0.494 e. The van der Waals surface area contributed by atoms with Gasteiger partial charge in [-0.2, -0.15) is 4.31 Å². The molecule has 2 amide bonds. The Morgan fingerprint density at radius 1 is 1.08 bits per heavy atom. The number of hydrogen-bond acceptors (Lipinski definition) is 6. The van der Waals surface area contributed by atoms with Crippen LogP contribution in [0, 0.1) is 5.92 Å². The zero-order valence-corrected chi connectivity index (χ0v) is 24.4. The predicted octanol–water partition coefficient (Wildman–Crippen LogP) is 4.59. The first-order chi connectivity index (χ1) is 18.2. The molecule has 206 valence electrons. The lowest BCUT2D eigenvalue weighted by atomic mass is 9.98. The predicted molar refractivity (Wildman–Crippen MR) is 149 cm³/mol. The number of sulfonamides is 1. The van der Waals surface area contributed by atoms with Crippen molar-refractivity contribution in [1.29, 1.82) is 0 Å². The smallest absolute Gasteiger partial charge is 0.244 e. The molecule has 1 N–H and O–H groups in total. The van der Waals surface area contributed by atoms with Gasteiger partial charge in [0.15, 0.2) is 0 Å². The van der Waals surface area contributed by atoms with E-state index in [9.17, 15) is 18.0 Å². The van der Waals surface area contributed by atoms with Gasteiger partial charge >= 0.3 is 0 Å². The number of carbonyl (C=O) groups excluding carboxylic acids is 2. The van der Waals surface area contributed by atoms with Gasteiger partial charge in [0.2, 0.25) is 21.8 Å². The van der Waals surface area contributed by atoms with Crippen LogP contribution in [-0.2, 0) is 26.0 Å². The Labute approximate surface area is 232 Å². The minimum absolute atomic E-state index is 0.0380. The summed E-state index contributed by atoms with van der Waals surface area (Å²) in [7, 11) is -3.92. The number of benzene rings is 2. The van der Waals surface area contributed by atoms with Crippen LogP contribution in [0.5, 0.6) is 11.5 Å². The second kappa shape index (κ2) is 12.0. The van der Waals surface area contributed by atoms with Gasteiger partial charge in [-0.05, 0) is 78.9 Å². The summed E-state index contributed by atoms with van der Waals surface area (Å²) in [5.41, 5.74) is 2.07. The van der Waals surface area contributed by atoms with E-state index in [2.05, 4.69) is 21.2 Å². The van der Waals surface area contributed by atoms with E-state index in [4.69, 9.17) is 9.47 Å². The van der Waals surface area contributed by atoms with Crippen LogP contribution in [0.4, 0.5) is 11.4 Å². The summed E-state index contributed by atoms with van der Waals surface area (Å²) in [6.07, 6.45) is 2.15. The molecular weight excluding hydrogens is 574 g/mol. The standard InChI is InChI=1S/C27H34BrN3O6S/c1-4-26(32)31-13-11-18-14-21(28)25(16-23(18)31)38(34,35)30-12-7-8-19(17-30)27(33)29-22-15-20(36-5-2)9-10-24(22)37-6-3/h9-10,14-16,19H,4-8,11-13,17H2,1-3H3,(H,29,33)/t19-/m1/s1. The summed E-state index contributed by atoms with van der Waals surface area (Å²) < 4.78 is 40.6. The number of nitrogens with one attached hydrogen (secondary N) is 1. The maximum atomic E-state index is 13.8. The maximum absolute atomic E-state index is 13.8. The minimum atomic E-state index is -3.92. The molecule has 9 nitrogen and oxygen atoms in total. The summed E-state index contributed by atoms with van der Waals surface area (Å²) >= 11 is 3.44. The molecule has 1 saturated heterocycles. The quantitative estimate of drug-likeness (QED) is 0.447. The van der Waals surface area contributed by atoms with E-state index in [1.165, 1.54) is 4.31 Å². The molecule has 0 aromatic heterocycles. The second-order valence-corrected chi connectivity index (χ2v) is 12.0. The number of nitrogens with zero attached hydrogens (tertiary/aromatic N) is 2. The van der Waals surface area contributed by atoms with Crippen LogP contribution in [0.25, 0.3) is 0 Å². The van der Waals surface area contributed by atoms with E-state index in [-0.39, 0.29) is 23.3 Å². The Morgan fingerprint density at radius 3 is 2.55 bits per heavy atom. The summed E-state index contributed by atoms with van der Waals surface area (Å²) in [5.74, 6) is 0.292. The van der Waals surface area contributed by atoms with Crippen LogP contribution in [0.15, 0.2) is 39.7 Å². The molecular formula is C27H34BrN3O6S. The van der Waals surface area contributed by atoms with E-state index < -0.39 is 15.9 Å². The van der Waals surface area contributed by atoms with Gasteiger partial charge in [-0.15, -0.1) is 0 Å². The van der Waals surface area contributed by atoms with Crippen molar-refractivity contribution in [1.82, 2.24) is 4.31 Å². The van der Waals surface area contributed by atoms with Crippen molar-refractivity contribution in [3.8, 4) is 11.5 Å². The summed E-state index contributed by atoms with van der Waals surface area (Å²) in [4.78, 5) is 27.5. The third-order valence-electron chi connectivity index (χ3n) is 6.82. The lowest BCUT2D eigenvalue weighted by Crippen LogP contribution is -2.43. The van der Waals surface area contributed by atoms with Gasteiger partial charge in [0, 0.05) is 42.3 Å². The molecule has 4 rings (SSSR count). The molecule has 2 aliphatic heterocycles. The Hall–Kier alpha value is -2.63. The average molecular weight is 609 g/mol. The zero-order chi connectivity index (χ0) is 27.4. The minimum Gasteiger partial charge on any atom is -0.494 e. The van der Waals surface area contributed by atoms with Gasteiger partial charge in [-0.1, -0.05) is 6.92 Å². The topological polar surface area (TPSA) is 105 Å². The molecule has 1 fully saturated rings. The molecule has 38 heavy (non-hydrogen) atoms. The van der Waals surface area contributed by atoms with Crippen LogP contribution in [-0.4, -0.2) is 57.4 Å². The van der Waals surface area contributed by atoms with E-state index in [0.29, 0.717) is 79.3 Å². The van der Waals surface area contributed by atoms with Crippen LogP contribution >= 0.6 is 15.9 Å². The molecule has 2 aromatic carbocycles. The summed E-state index contributed by atoms with van der Waals surface area (Å²) in [6, 6.07) is 8.63. The van der Waals surface area contributed by atoms with Crippen molar-refractivity contribution in [3.05, 3.63) is 40.4 Å². The summed E-state index contributed by atoms with van der Waals surface area (Å²) in [6.45, 7) is 7.37. The van der Waals surface area contributed by atoms with Crippen molar-refractivity contribution < 1.29 is 27.5 Å².